The predicted octanol–water partition coefficient (Wildman–Crippen LogP) is 0.936. The van der Waals surface area contributed by atoms with Gasteiger partial charge in [0.05, 0.1) is 6.54 Å². The number of aromatic nitrogens is 4. The number of ether oxygens (including phenoxy) is 1. The van der Waals surface area contributed by atoms with Gasteiger partial charge in [0, 0.05) is 27.2 Å². The maximum absolute atomic E-state index is 13.0. The van der Waals surface area contributed by atoms with Gasteiger partial charge in [-0.05, 0) is 31.6 Å². The second-order valence-corrected chi connectivity index (χ2v) is 8.11. The highest BCUT2D eigenvalue weighted by Gasteiger charge is 2.21. The summed E-state index contributed by atoms with van der Waals surface area (Å²) in [7, 11) is 3.02. The standard InChI is InChI=1S/C23H34N6O4/c1-6-28(7-2)13-12-24-22-25-20-19(21(31)27(5)23(32)26(20)4)29(22)14-17(30)15-33-18-11-9-8-10-16(18)3/h8-11,17,30H,6-7,12-15H2,1-5H3,(H,24,25)/t17-/m0/s1. The average molecular weight is 459 g/mol. The average Bonchev–Trinajstić information content (AvgIpc) is 3.16. The van der Waals surface area contributed by atoms with E-state index >= 15 is 0 Å². The maximum Gasteiger partial charge on any atom is 0.332 e. The molecule has 0 radical (unpaired) electrons. The second-order valence-electron chi connectivity index (χ2n) is 8.11. The third-order valence-electron chi connectivity index (χ3n) is 5.87. The molecule has 3 rings (SSSR count). The summed E-state index contributed by atoms with van der Waals surface area (Å²) in [6.07, 6.45) is -0.896. The predicted molar refractivity (Wildman–Crippen MR) is 129 cm³/mol. The molecular weight excluding hydrogens is 424 g/mol. The lowest BCUT2D eigenvalue weighted by Crippen LogP contribution is -2.38. The van der Waals surface area contributed by atoms with Crippen molar-refractivity contribution in [3.8, 4) is 5.75 Å². The van der Waals surface area contributed by atoms with E-state index in [9.17, 15) is 14.7 Å². The number of para-hydroxylation sites is 1. The summed E-state index contributed by atoms with van der Waals surface area (Å²) < 4.78 is 9.83. The molecule has 0 aliphatic carbocycles. The Balaban J connectivity index is 1.90. The van der Waals surface area contributed by atoms with Crippen molar-refractivity contribution >= 4 is 17.1 Å². The molecule has 0 fully saturated rings. The Kier molecular flexibility index (Phi) is 7.93. The fraction of sp³-hybridized carbons (Fsp3) is 0.522. The van der Waals surface area contributed by atoms with Crippen LogP contribution in [0.2, 0.25) is 0 Å². The van der Waals surface area contributed by atoms with Crippen molar-refractivity contribution < 1.29 is 9.84 Å². The number of imidazole rings is 1. The molecule has 33 heavy (non-hydrogen) atoms. The summed E-state index contributed by atoms with van der Waals surface area (Å²) in [5.74, 6) is 1.13. The molecule has 2 aromatic heterocycles. The summed E-state index contributed by atoms with van der Waals surface area (Å²) in [6.45, 7) is 9.54. The number of nitrogens with one attached hydrogen (secondary N) is 1. The third-order valence-corrected chi connectivity index (χ3v) is 5.87. The van der Waals surface area contributed by atoms with Crippen molar-refractivity contribution in [2.24, 2.45) is 14.1 Å². The Labute approximate surface area is 193 Å². The van der Waals surface area contributed by atoms with E-state index in [2.05, 4.69) is 29.0 Å². The number of fused-ring (bicyclic) bond motifs is 1. The molecule has 1 aromatic carbocycles. The SMILES string of the molecule is CCN(CC)CCNc1nc2c(c(=O)n(C)c(=O)n2C)n1C[C@H](O)COc1ccccc1C. The molecule has 180 valence electrons. The number of hydrogen-bond donors (Lipinski definition) is 2. The van der Waals surface area contributed by atoms with Gasteiger partial charge in [0.25, 0.3) is 5.56 Å². The molecule has 1 atom stereocenters. The molecule has 10 nitrogen and oxygen atoms in total. The number of anilines is 1. The highest BCUT2D eigenvalue weighted by Crippen LogP contribution is 2.19. The van der Waals surface area contributed by atoms with Gasteiger partial charge in [-0.3, -0.25) is 13.9 Å². The minimum Gasteiger partial charge on any atom is -0.491 e. The zero-order chi connectivity index (χ0) is 24.1. The molecule has 10 heteroatoms. The van der Waals surface area contributed by atoms with Gasteiger partial charge in [-0.1, -0.05) is 32.0 Å². The van der Waals surface area contributed by atoms with Crippen LogP contribution >= 0.6 is 0 Å². The van der Waals surface area contributed by atoms with E-state index in [-0.39, 0.29) is 24.3 Å². The lowest BCUT2D eigenvalue weighted by Gasteiger charge is -2.19. The highest BCUT2D eigenvalue weighted by atomic mass is 16.5. The number of likely N-dealkylation sites (N-methyl/N-ethyl adjacent to an activating group) is 1. The largest absolute Gasteiger partial charge is 0.491 e. The summed E-state index contributed by atoms with van der Waals surface area (Å²) in [6, 6.07) is 7.58. The van der Waals surface area contributed by atoms with Gasteiger partial charge in [-0.15, -0.1) is 0 Å². The molecule has 2 heterocycles. The number of benzene rings is 1. The minimum absolute atomic E-state index is 0.0511. The Hall–Kier alpha value is -3.11. The van der Waals surface area contributed by atoms with Crippen LogP contribution in [0.15, 0.2) is 33.9 Å². The van der Waals surface area contributed by atoms with Crippen LogP contribution in [0.5, 0.6) is 5.75 Å². The van der Waals surface area contributed by atoms with Gasteiger partial charge in [-0.2, -0.15) is 4.98 Å². The van der Waals surface area contributed by atoms with Crippen molar-refractivity contribution in [2.45, 2.75) is 33.4 Å². The first-order valence-corrected chi connectivity index (χ1v) is 11.3. The van der Waals surface area contributed by atoms with Crippen molar-refractivity contribution in [1.82, 2.24) is 23.6 Å². The van der Waals surface area contributed by atoms with E-state index in [4.69, 9.17) is 4.74 Å². The smallest absolute Gasteiger partial charge is 0.332 e. The summed E-state index contributed by atoms with van der Waals surface area (Å²) in [5, 5.41) is 14.0. The molecule has 2 N–H and O–H groups in total. The van der Waals surface area contributed by atoms with E-state index in [1.165, 1.54) is 11.6 Å². The van der Waals surface area contributed by atoms with Gasteiger partial charge >= 0.3 is 5.69 Å². The Morgan fingerprint density at radius 2 is 1.85 bits per heavy atom. The van der Waals surface area contributed by atoms with E-state index in [0.29, 0.717) is 18.2 Å². The molecule has 0 spiro atoms. The van der Waals surface area contributed by atoms with Crippen LogP contribution in [0.25, 0.3) is 11.2 Å². The molecule has 0 amide bonds. The van der Waals surface area contributed by atoms with Crippen molar-refractivity contribution in [1.29, 1.82) is 0 Å². The monoisotopic (exact) mass is 458 g/mol. The summed E-state index contributed by atoms with van der Waals surface area (Å²) >= 11 is 0. The number of aliphatic hydroxyl groups is 1. The van der Waals surface area contributed by atoms with E-state index < -0.39 is 17.4 Å². The first kappa shape index (κ1) is 24.5. The quantitative estimate of drug-likeness (QED) is 0.440. The fourth-order valence-electron chi connectivity index (χ4n) is 3.79. The number of hydrogen-bond acceptors (Lipinski definition) is 7. The Bertz CT molecular complexity index is 1210. The van der Waals surface area contributed by atoms with Crippen LogP contribution < -0.4 is 21.3 Å². The summed E-state index contributed by atoms with van der Waals surface area (Å²) in [4.78, 5) is 32.2. The van der Waals surface area contributed by atoms with E-state index in [1.54, 1.807) is 11.6 Å². The molecular formula is C23H34N6O4. The van der Waals surface area contributed by atoms with Crippen LogP contribution in [-0.2, 0) is 20.6 Å². The van der Waals surface area contributed by atoms with Gasteiger partial charge in [0.15, 0.2) is 11.2 Å². The van der Waals surface area contributed by atoms with Gasteiger partial charge in [-0.25, -0.2) is 4.79 Å². The molecule has 0 saturated carbocycles. The first-order chi connectivity index (χ1) is 15.8. The molecule has 0 bridgehead atoms. The van der Waals surface area contributed by atoms with E-state index in [0.717, 1.165) is 29.8 Å². The topological polar surface area (TPSA) is 107 Å². The van der Waals surface area contributed by atoms with Crippen molar-refractivity contribution in [2.75, 3.05) is 38.1 Å². The zero-order valence-corrected chi connectivity index (χ0v) is 20.0. The van der Waals surface area contributed by atoms with Gasteiger partial charge in [0.2, 0.25) is 5.95 Å². The summed E-state index contributed by atoms with van der Waals surface area (Å²) in [5.41, 5.74) is 0.612. The lowest BCUT2D eigenvalue weighted by atomic mass is 10.2. The Morgan fingerprint density at radius 3 is 2.52 bits per heavy atom. The lowest BCUT2D eigenvalue weighted by molar-refractivity contribution is 0.0935. The normalized spacial score (nSPS) is 12.5. The van der Waals surface area contributed by atoms with Gasteiger partial charge < -0.3 is 24.6 Å². The highest BCUT2D eigenvalue weighted by molar-refractivity contribution is 5.74. The van der Waals surface area contributed by atoms with Crippen LogP contribution in [0, 0.1) is 6.92 Å². The van der Waals surface area contributed by atoms with Crippen LogP contribution in [0.4, 0.5) is 5.95 Å². The maximum atomic E-state index is 13.0. The van der Waals surface area contributed by atoms with Crippen molar-refractivity contribution in [3.63, 3.8) is 0 Å². The molecule has 0 aliphatic heterocycles. The number of aliphatic hydroxyl groups excluding tert-OH is 1. The van der Waals surface area contributed by atoms with Gasteiger partial charge in [0.1, 0.15) is 18.5 Å². The molecule has 0 unspecified atom stereocenters. The van der Waals surface area contributed by atoms with Crippen molar-refractivity contribution in [3.05, 3.63) is 50.7 Å². The molecule has 3 aromatic rings. The molecule has 0 aliphatic rings. The van der Waals surface area contributed by atoms with Crippen LogP contribution in [-0.4, -0.2) is 67.6 Å². The second kappa shape index (κ2) is 10.7. The fourth-order valence-corrected chi connectivity index (χ4v) is 3.79. The van der Waals surface area contributed by atoms with Crippen LogP contribution in [0.3, 0.4) is 0 Å². The van der Waals surface area contributed by atoms with E-state index in [1.807, 2.05) is 31.2 Å². The zero-order valence-electron chi connectivity index (χ0n) is 20.0. The minimum atomic E-state index is -0.896. The number of rotatable bonds is 11. The molecule has 0 saturated heterocycles. The Morgan fingerprint density at radius 1 is 1.15 bits per heavy atom. The number of nitrogens with zero attached hydrogens (tertiary/aromatic N) is 5. The third kappa shape index (κ3) is 5.28. The van der Waals surface area contributed by atoms with Crippen LogP contribution in [0.1, 0.15) is 19.4 Å². The first-order valence-electron chi connectivity index (χ1n) is 11.3. The number of aryl methyl sites for hydroxylation is 2.